The van der Waals surface area contributed by atoms with Gasteiger partial charge in [0.1, 0.15) is 0 Å². The number of hydrogen-bond acceptors (Lipinski definition) is 4. The zero-order valence-corrected chi connectivity index (χ0v) is 10.8. The van der Waals surface area contributed by atoms with E-state index in [0.717, 1.165) is 13.0 Å². The van der Waals surface area contributed by atoms with Crippen molar-refractivity contribution in [3.05, 3.63) is 0 Å². The van der Waals surface area contributed by atoms with Gasteiger partial charge in [0.2, 0.25) is 11.8 Å². The van der Waals surface area contributed by atoms with Gasteiger partial charge in [-0.3, -0.25) is 14.6 Å². The maximum atomic E-state index is 11.4. The number of nitrogens with one attached hydrogen (secondary N) is 3. The molecule has 1 aliphatic rings. The van der Waals surface area contributed by atoms with Crippen molar-refractivity contribution in [2.24, 2.45) is 10.9 Å². The Hall–Kier alpha value is -1.34. The fourth-order valence-corrected chi connectivity index (χ4v) is 1.57. The molecule has 0 aromatic carbocycles. The first-order valence-electron chi connectivity index (χ1n) is 5.45. The molecule has 0 atom stereocenters. The lowest BCUT2D eigenvalue weighted by Gasteiger charge is -2.19. The highest BCUT2D eigenvalue weighted by atomic mass is 32.1. The third-order valence-electron chi connectivity index (χ3n) is 2.26. The average Bonchev–Trinajstić information content (AvgIpc) is 2.20. The molecular weight excluding hydrogens is 240 g/mol. The number of rotatable bonds is 5. The van der Waals surface area contributed by atoms with Gasteiger partial charge in [0.05, 0.1) is 20.6 Å². The number of nitrogens with zero attached hydrogens (tertiary/aromatic N) is 1. The van der Waals surface area contributed by atoms with Gasteiger partial charge in [0.15, 0.2) is 11.0 Å². The Labute approximate surface area is 105 Å². The van der Waals surface area contributed by atoms with Gasteiger partial charge in [0, 0.05) is 19.2 Å². The molecule has 1 aliphatic heterocycles. The minimum Gasteiger partial charge on any atom is -0.340 e. The second-order valence-corrected chi connectivity index (χ2v) is 4.56. The topological polar surface area (TPSA) is 75.0 Å². The van der Waals surface area contributed by atoms with Gasteiger partial charge in [-0.15, -0.1) is 0 Å². The van der Waals surface area contributed by atoms with Gasteiger partial charge in [-0.2, -0.15) is 0 Å². The van der Waals surface area contributed by atoms with Crippen molar-refractivity contribution in [2.45, 2.75) is 6.42 Å². The second kappa shape index (κ2) is 6.41. The van der Waals surface area contributed by atoms with Crippen molar-refractivity contribution in [3.8, 4) is 0 Å². The molecule has 0 unspecified atom stereocenters. The Morgan fingerprint density at radius 2 is 1.94 bits per heavy atom. The molecule has 6 nitrogen and oxygen atoms in total. The van der Waals surface area contributed by atoms with Gasteiger partial charge in [-0.1, -0.05) is 0 Å². The SMILES string of the molecule is C[NH+](C)CCCN=CC1C(=O)NC(=S)NC1=O. The summed E-state index contributed by atoms with van der Waals surface area (Å²) < 4.78 is 0. The molecule has 0 radical (unpaired) electrons. The number of thiocarbonyl (C=S) groups is 1. The predicted octanol–water partition coefficient (Wildman–Crippen LogP) is -2.26. The number of amides is 2. The Morgan fingerprint density at radius 1 is 1.35 bits per heavy atom. The minimum atomic E-state index is -0.867. The number of carbonyl (C=O) groups is 2. The fourth-order valence-electron chi connectivity index (χ4n) is 1.37. The molecule has 1 fully saturated rings. The summed E-state index contributed by atoms with van der Waals surface area (Å²) in [5, 5.41) is 4.82. The summed E-state index contributed by atoms with van der Waals surface area (Å²) in [4.78, 5) is 28.3. The lowest BCUT2D eigenvalue weighted by atomic mass is 10.1. The second-order valence-electron chi connectivity index (χ2n) is 4.15. The molecule has 1 heterocycles. The van der Waals surface area contributed by atoms with E-state index in [1.807, 2.05) is 0 Å². The molecule has 0 aliphatic carbocycles. The van der Waals surface area contributed by atoms with Gasteiger partial charge in [-0.05, 0) is 12.2 Å². The van der Waals surface area contributed by atoms with Crippen LogP contribution in [0.15, 0.2) is 4.99 Å². The van der Waals surface area contributed by atoms with Crippen LogP contribution in [0.5, 0.6) is 0 Å². The van der Waals surface area contributed by atoms with Crippen molar-refractivity contribution in [2.75, 3.05) is 27.2 Å². The highest BCUT2D eigenvalue weighted by Gasteiger charge is 2.30. The highest BCUT2D eigenvalue weighted by molar-refractivity contribution is 7.80. The maximum Gasteiger partial charge on any atom is 0.244 e. The molecule has 17 heavy (non-hydrogen) atoms. The largest absolute Gasteiger partial charge is 0.340 e. The minimum absolute atomic E-state index is 0.0563. The van der Waals surface area contributed by atoms with Crippen molar-refractivity contribution in [1.29, 1.82) is 0 Å². The van der Waals surface area contributed by atoms with E-state index in [4.69, 9.17) is 0 Å². The lowest BCUT2D eigenvalue weighted by Crippen LogP contribution is -3.05. The summed E-state index contributed by atoms with van der Waals surface area (Å²) in [6.07, 6.45) is 2.31. The van der Waals surface area contributed by atoms with Crippen LogP contribution < -0.4 is 15.5 Å². The predicted molar refractivity (Wildman–Crippen MR) is 68.0 cm³/mol. The van der Waals surface area contributed by atoms with E-state index in [-0.39, 0.29) is 5.11 Å². The smallest absolute Gasteiger partial charge is 0.244 e. The molecule has 1 rings (SSSR count). The van der Waals surface area contributed by atoms with Crippen LogP contribution in [0, 0.1) is 5.92 Å². The first-order valence-corrected chi connectivity index (χ1v) is 5.86. The molecule has 0 saturated carbocycles. The van der Waals surface area contributed by atoms with Crippen molar-refractivity contribution >= 4 is 35.4 Å². The van der Waals surface area contributed by atoms with E-state index in [0.29, 0.717) is 6.54 Å². The highest BCUT2D eigenvalue weighted by Crippen LogP contribution is 1.99. The summed E-state index contributed by atoms with van der Waals surface area (Å²) in [6, 6.07) is 0. The first-order chi connectivity index (χ1) is 8.00. The van der Waals surface area contributed by atoms with E-state index in [1.54, 1.807) is 0 Å². The van der Waals surface area contributed by atoms with Crippen LogP contribution in [-0.2, 0) is 9.59 Å². The standard InChI is InChI=1S/C10H16N4O2S/c1-14(2)5-3-4-11-6-7-8(15)12-10(17)13-9(7)16/h6-7H,3-5H2,1-2H3,(H2,12,13,15,16,17)/p+1. The molecule has 1 saturated heterocycles. The summed E-state index contributed by atoms with van der Waals surface area (Å²) in [7, 11) is 4.12. The number of aliphatic imine (C=N–C) groups is 1. The van der Waals surface area contributed by atoms with Crippen molar-refractivity contribution < 1.29 is 14.5 Å². The van der Waals surface area contributed by atoms with Crippen LogP contribution in [0.3, 0.4) is 0 Å². The van der Waals surface area contributed by atoms with Crippen LogP contribution in [0.1, 0.15) is 6.42 Å². The molecular formula is C10H17N4O2S+. The summed E-state index contributed by atoms with van der Waals surface area (Å²) in [5.41, 5.74) is 0. The van der Waals surface area contributed by atoms with Crippen LogP contribution in [-0.4, -0.2) is 50.3 Å². The average molecular weight is 257 g/mol. The molecule has 0 aromatic heterocycles. The van der Waals surface area contributed by atoms with Crippen LogP contribution in [0.2, 0.25) is 0 Å². The van der Waals surface area contributed by atoms with Crippen molar-refractivity contribution in [3.63, 3.8) is 0 Å². The van der Waals surface area contributed by atoms with E-state index in [1.165, 1.54) is 11.1 Å². The molecule has 0 bridgehead atoms. The lowest BCUT2D eigenvalue weighted by molar-refractivity contribution is -0.858. The van der Waals surface area contributed by atoms with Gasteiger partial charge in [0.25, 0.3) is 0 Å². The zero-order valence-electron chi connectivity index (χ0n) is 9.95. The van der Waals surface area contributed by atoms with Crippen LogP contribution >= 0.6 is 12.2 Å². The quantitative estimate of drug-likeness (QED) is 0.225. The van der Waals surface area contributed by atoms with Crippen LogP contribution in [0.25, 0.3) is 0 Å². The van der Waals surface area contributed by atoms with E-state index in [9.17, 15) is 9.59 Å². The summed E-state index contributed by atoms with van der Waals surface area (Å²) in [5.74, 6) is -1.70. The van der Waals surface area contributed by atoms with Crippen LogP contribution in [0.4, 0.5) is 0 Å². The number of quaternary nitrogens is 1. The Balaban J connectivity index is 2.39. The third kappa shape index (κ3) is 4.58. The normalized spacial score (nSPS) is 17.7. The number of carbonyl (C=O) groups excluding carboxylic acids is 2. The Kier molecular flexibility index (Phi) is 5.17. The molecule has 7 heteroatoms. The molecule has 2 amide bonds. The summed E-state index contributed by atoms with van der Waals surface area (Å²) >= 11 is 4.68. The zero-order chi connectivity index (χ0) is 12.8. The Morgan fingerprint density at radius 3 is 2.47 bits per heavy atom. The monoisotopic (exact) mass is 257 g/mol. The van der Waals surface area contributed by atoms with E-state index < -0.39 is 17.7 Å². The molecule has 0 aromatic rings. The maximum absolute atomic E-state index is 11.4. The van der Waals surface area contributed by atoms with Crippen molar-refractivity contribution in [1.82, 2.24) is 10.6 Å². The van der Waals surface area contributed by atoms with E-state index >= 15 is 0 Å². The first kappa shape index (κ1) is 13.7. The Bertz CT molecular complexity index is 334. The van der Waals surface area contributed by atoms with E-state index in [2.05, 4.69) is 41.9 Å². The number of hydrogen-bond donors (Lipinski definition) is 3. The summed E-state index contributed by atoms with van der Waals surface area (Å²) in [6.45, 7) is 1.62. The molecule has 3 N–H and O–H groups in total. The van der Waals surface area contributed by atoms with Gasteiger partial charge >= 0.3 is 0 Å². The molecule has 94 valence electrons. The molecule has 0 spiro atoms. The fraction of sp³-hybridized carbons (Fsp3) is 0.600. The van der Waals surface area contributed by atoms with Gasteiger partial charge < -0.3 is 15.5 Å². The third-order valence-corrected chi connectivity index (χ3v) is 2.46. The van der Waals surface area contributed by atoms with Gasteiger partial charge in [-0.25, -0.2) is 0 Å².